The molecular formula is C16H25NS. The van der Waals surface area contributed by atoms with Crippen molar-refractivity contribution < 1.29 is 0 Å². The van der Waals surface area contributed by atoms with E-state index in [1.165, 1.54) is 41.0 Å². The maximum atomic E-state index is 3.69. The molecule has 0 aromatic heterocycles. The van der Waals surface area contributed by atoms with Crippen molar-refractivity contribution in [2.45, 2.75) is 39.7 Å². The molecule has 0 aliphatic carbocycles. The zero-order chi connectivity index (χ0) is 13.0. The topological polar surface area (TPSA) is 12.0 Å². The molecule has 1 aliphatic rings. The lowest BCUT2D eigenvalue weighted by Crippen LogP contribution is -2.38. The smallest absolute Gasteiger partial charge is 0.0144 e. The lowest BCUT2D eigenvalue weighted by molar-refractivity contribution is 0.387. The largest absolute Gasteiger partial charge is 0.314 e. The fraction of sp³-hybridized carbons (Fsp3) is 0.625. The van der Waals surface area contributed by atoms with Crippen LogP contribution < -0.4 is 5.32 Å². The van der Waals surface area contributed by atoms with Crippen LogP contribution in [-0.4, -0.2) is 24.1 Å². The molecule has 0 radical (unpaired) electrons. The van der Waals surface area contributed by atoms with Gasteiger partial charge in [0.1, 0.15) is 0 Å². The predicted molar refractivity (Wildman–Crippen MR) is 82.5 cm³/mol. The Morgan fingerprint density at radius 2 is 2.17 bits per heavy atom. The van der Waals surface area contributed by atoms with Gasteiger partial charge in [0, 0.05) is 6.04 Å². The van der Waals surface area contributed by atoms with Gasteiger partial charge in [0.05, 0.1) is 0 Å². The Kier molecular flexibility index (Phi) is 5.13. The second-order valence-electron chi connectivity index (χ2n) is 5.41. The number of likely N-dealkylation sites (N-methyl/N-ethyl adjacent to an activating group) is 1. The van der Waals surface area contributed by atoms with Crippen LogP contribution in [0.3, 0.4) is 0 Å². The van der Waals surface area contributed by atoms with Crippen LogP contribution in [0.1, 0.15) is 30.0 Å². The Labute approximate surface area is 116 Å². The van der Waals surface area contributed by atoms with Crippen LogP contribution in [0, 0.1) is 19.8 Å². The Hall–Kier alpha value is -0.470. The highest BCUT2D eigenvalue weighted by molar-refractivity contribution is 7.99. The SMILES string of the molecule is CCNC(Cc1ccc(C)c(C)c1)C1CCSC1. The van der Waals surface area contributed by atoms with Gasteiger partial charge in [-0.3, -0.25) is 0 Å². The van der Waals surface area contributed by atoms with E-state index in [9.17, 15) is 0 Å². The van der Waals surface area contributed by atoms with Crippen molar-refractivity contribution >= 4 is 11.8 Å². The number of aryl methyl sites for hydroxylation is 2. The van der Waals surface area contributed by atoms with Crippen LogP contribution in [-0.2, 0) is 6.42 Å². The number of nitrogens with one attached hydrogen (secondary N) is 1. The fourth-order valence-corrected chi connectivity index (χ4v) is 4.06. The van der Waals surface area contributed by atoms with E-state index in [1.807, 2.05) is 0 Å². The lowest BCUT2D eigenvalue weighted by Gasteiger charge is -2.24. The van der Waals surface area contributed by atoms with E-state index in [4.69, 9.17) is 0 Å². The van der Waals surface area contributed by atoms with Crippen molar-refractivity contribution in [1.29, 1.82) is 0 Å². The molecular weight excluding hydrogens is 238 g/mol. The molecule has 1 N–H and O–H groups in total. The van der Waals surface area contributed by atoms with Gasteiger partial charge in [0.2, 0.25) is 0 Å². The standard InChI is InChI=1S/C16H25NS/c1-4-17-16(15-7-8-18-11-15)10-14-6-5-12(2)13(3)9-14/h5-6,9,15-17H,4,7-8,10-11H2,1-3H3. The van der Waals surface area contributed by atoms with E-state index >= 15 is 0 Å². The van der Waals surface area contributed by atoms with Crippen LogP contribution in [0.4, 0.5) is 0 Å². The van der Waals surface area contributed by atoms with Crippen LogP contribution in [0.2, 0.25) is 0 Å². The number of rotatable bonds is 5. The zero-order valence-electron chi connectivity index (χ0n) is 11.8. The number of thioether (sulfide) groups is 1. The van der Waals surface area contributed by atoms with E-state index in [-0.39, 0.29) is 0 Å². The molecule has 1 aromatic carbocycles. The molecule has 1 saturated heterocycles. The number of benzene rings is 1. The molecule has 0 spiro atoms. The molecule has 2 rings (SSSR count). The molecule has 2 heteroatoms. The summed E-state index contributed by atoms with van der Waals surface area (Å²) in [6.45, 7) is 7.70. The summed E-state index contributed by atoms with van der Waals surface area (Å²) in [6.07, 6.45) is 2.56. The van der Waals surface area contributed by atoms with E-state index in [1.54, 1.807) is 0 Å². The predicted octanol–water partition coefficient (Wildman–Crippen LogP) is 3.58. The molecule has 1 aromatic rings. The molecule has 1 heterocycles. The first-order valence-corrected chi connectivity index (χ1v) is 8.23. The maximum Gasteiger partial charge on any atom is 0.0144 e. The maximum absolute atomic E-state index is 3.69. The first-order valence-electron chi connectivity index (χ1n) is 7.08. The summed E-state index contributed by atoms with van der Waals surface area (Å²) < 4.78 is 0. The first-order chi connectivity index (χ1) is 8.70. The Bertz CT molecular complexity index is 383. The minimum atomic E-state index is 0.659. The highest BCUT2D eigenvalue weighted by Gasteiger charge is 2.24. The van der Waals surface area contributed by atoms with Crippen molar-refractivity contribution in [3.8, 4) is 0 Å². The van der Waals surface area contributed by atoms with Crippen molar-refractivity contribution in [2.75, 3.05) is 18.1 Å². The molecule has 1 nitrogen and oxygen atoms in total. The summed E-state index contributed by atoms with van der Waals surface area (Å²) in [5.74, 6) is 3.54. The Morgan fingerprint density at radius 3 is 2.78 bits per heavy atom. The highest BCUT2D eigenvalue weighted by atomic mass is 32.2. The molecule has 0 bridgehead atoms. The molecule has 0 saturated carbocycles. The summed E-state index contributed by atoms with van der Waals surface area (Å²) in [5.41, 5.74) is 4.31. The van der Waals surface area contributed by atoms with Crippen molar-refractivity contribution in [3.63, 3.8) is 0 Å². The number of hydrogen-bond acceptors (Lipinski definition) is 2. The first kappa shape index (κ1) is 14.0. The third-order valence-corrected chi connectivity index (χ3v) is 5.22. The van der Waals surface area contributed by atoms with Gasteiger partial charge >= 0.3 is 0 Å². The molecule has 1 aliphatic heterocycles. The third-order valence-electron chi connectivity index (χ3n) is 4.03. The van der Waals surface area contributed by atoms with E-state index in [0.717, 1.165) is 12.5 Å². The van der Waals surface area contributed by atoms with Crippen LogP contribution >= 0.6 is 11.8 Å². The third kappa shape index (κ3) is 3.52. The summed E-state index contributed by atoms with van der Waals surface area (Å²) in [6, 6.07) is 7.58. The van der Waals surface area contributed by atoms with Gasteiger partial charge in [-0.2, -0.15) is 11.8 Å². The number of hydrogen-bond donors (Lipinski definition) is 1. The van der Waals surface area contributed by atoms with E-state index in [0.29, 0.717) is 6.04 Å². The van der Waals surface area contributed by atoms with Gasteiger partial charge in [-0.1, -0.05) is 25.1 Å². The van der Waals surface area contributed by atoms with Crippen LogP contribution in [0.5, 0.6) is 0 Å². The van der Waals surface area contributed by atoms with Gasteiger partial charge < -0.3 is 5.32 Å². The van der Waals surface area contributed by atoms with Gasteiger partial charge in [0.25, 0.3) is 0 Å². The van der Waals surface area contributed by atoms with Gasteiger partial charge in [-0.15, -0.1) is 0 Å². The molecule has 2 atom stereocenters. The molecule has 2 unspecified atom stereocenters. The summed E-state index contributed by atoms with van der Waals surface area (Å²) >= 11 is 2.11. The molecule has 100 valence electrons. The van der Waals surface area contributed by atoms with Crippen LogP contribution in [0.25, 0.3) is 0 Å². The van der Waals surface area contributed by atoms with Crippen LogP contribution in [0.15, 0.2) is 18.2 Å². The molecule has 0 amide bonds. The average molecular weight is 263 g/mol. The Balaban J connectivity index is 2.04. The van der Waals surface area contributed by atoms with Crippen molar-refractivity contribution in [3.05, 3.63) is 34.9 Å². The second-order valence-corrected chi connectivity index (χ2v) is 6.56. The Morgan fingerprint density at radius 1 is 1.33 bits per heavy atom. The minimum absolute atomic E-state index is 0.659. The van der Waals surface area contributed by atoms with Crippen molar-refractivity contribution in [1.82, 2.24) is 5.32 Å². The second kappa shape index (κ2) is 6.63. The quantitative estimate of drug-likeness (QED) is 0.871. The van der Waals surface area contributed by atoms with Gasteiger partial charge in [-0.25, -0.2) is 0 Å². The van der Waals surface area contributed by atoms with E-state index in [2.05, 4.69) is 56.0 Å². The molecule has 18 heavy (non-hydrogen) atoms. The van der Waals surface area contributed by atoms with Gasteiger partial charge in [-0.05, 0) is 67.3 Å². The van der Waals surface area contributed by atoms with Gasteiger partial charge in [0.15, 0.2) is 0 Å². The fourth-order valence-electron chi connectivity index (χ4n) is 2.72. The van der Waals surface area contributed by atoms with Crippen molar-refractivity contribution in [2.24, 2.45) is 5.92 Å². The average Bonchev–Trinajstić information content (AvgIpc) is 2.87. The lowest BCUT2D eigenvalue weighted by atomic mass is 9.92. The monoisotopic (exact) mass is 263 g/mol. The molecule has 1 fully saturated rings. The minimum Gasteiger partial charge on any atom is -0.314 e. The highest BCUT2D eigenvalue weighted by Crippen LogP contribution is 2.28. The zero-order valence-corrected chi connectivity index (χ0v) is 12.6. The summed E-state index contributed by atoms with van der Waals surface area (Å²) in [5, 5.41) is 3.69. The summed E-state index contributed by atoms with van der Waals surface area (Å²) in [7, 11) is 0. The van der Waals surface area contributed by atoms with E-state index < -0.39 is 0 Å². The summed E-state index contributed by atoms with van der Waals surface area (Å²) in [4.78, 5) is 0. The normalized spacial score (nSPS) is 21.2.